The number of nitrogen functional groups attached to an aromatic ring is 1. The summed E-state index contributed by atoms with van der Waals surface area (Å²) >= 11 is 0. The Kier molecular flexibility index (Phi) is 3.61. The summed E-state index contributed by atoms with van der Waals surface area (Å²) in [6.07, 6.45) is 4.45. The van der Waals surface area contributed by atoms with Crippen LogP contribution in [-0.2, 0) is 13.5 Å². The Morgan fingerprint density at radius 1 is 1.20 bits per heavy atom. The lowest BCUT2D eigenvalue weighted by Gasteiger charge is -2.13. The predicted octanol–water partition coefficient (Wildman–Crippen LogP) is 2.54. The van der Waals surface area contributed by atoms with E-state index >= 15 is 0 Å². The van der Waals surface area contributed by atoms with Gasteiger partial charge in [-0.3, -0.25) is 4.68 Å². The molecular weight excluding hydrogens is 316 g/mol. The number of hydrogen-bond donors (Lipinski definition) is 2. The largest absolute Gasteiger partial charge is 0.480 e. The number of aromatic amines is 1. The minimum Gasteiger partial charge on any atom is -0.480 e. The summed E-state index contributed by atoms with van der Waals surface area (Å²) in [5, 5.41) is 4.28. The van der Waals surface area contributed by atoms with Crippen LogP contribution < -0.4 is 10.5 Å². The average molecular weight is 334 g/mol. The van der Waals surface area contributed by atoms with Gasteiger partial charge in [0.1, 0.15) is 0 Å². The highest BCUT2D eigenvalue weighted by Crippen LogP contribution is 2.37. The van der Waals surface area contributed by atoms with E-state index in [-0.39, 0.29) is 0 Å². The molecule has 25 heavy (non-hydrogen) atoms. The van der Waals surface area contributed by atoms with E-state index in [1.54, 1.807) is 18.0 Å². The zero-order valence-corrected chi connectivity index (χ0v) is 14.0. The van der Waals surface area contributed by atoms with Crippen LogP contribution in [0.2, 0.25) is 0 Å². The molecular formula is C18H18N6O. The molecule has 0 spiro atoms. The molecule has 1 aromatic carbocycles. The second-order valence-electron chi connectivity index (χ2n) is 5.86. The summed E-state index contributed by atoms with van der Waals surface area (Å²) in [6.45, 7) is 0. The van der Waals surface area contributed by atoms with Gasteiger partial charge in [0.25, 0.3) is 0 Å². The molecule has 0 saturated heterocycles. The lowest BCUT2D eigenvalue weighted by Crippen LogP contribution is -2.00. The molecule has 0 aliphatic carbocycles. The first-order valence-corrected chi connectivity index (χ1v) is 7.90. The van der Waals surface area contributed by atoms with E-state index in [1.165, 1.54) is 5.56 Å². The molecule has 0 fully saturated rings. The first-order valence-electron chi connectivity index (χ1n) is 7.90. The number of benzene rings is 1. The van der Waals surface area contributed by atoms with Crippen LogP contribution in [0.5, 0.6) is 5.88 Å². The molecule has 0 saturated carbocycles. The van der Waals surface area contributed by atoms with Crippen LogP contribution in [-0.4, -0.2) is 31.8 Å². The van der Waals surface area contributed by atoms with Crippen LogP contribution in [0.4, 0.5) is 5.95 Å². The van der Waals surface area contributed by atoms with Crippen molar-refractivity contribution in [2.75, 3.05) is 12.8 Å². The Bertz CT molecular complexity index is 1030. The number of H-pyrrole nitrogens is 1. The summed E-state index contributed by atoms with van der Waals surface area (Å²) in [5.41, 5.74) is 11.3. The van der Waals surface area contributed by atoms with Gasteiger partial charge in [-0.15, -0.1) is 0 Å². The Hall–Kier alpha value is -3.35. The van der Waals surface area contributed by atoms with E-state index in [0.717, 1.165) is 22.2 Å². The molecule has 3 N–H and O–H groups in total. The van der Waals surface area contributed by atoms with E-state index in [1.807, 2.05) is 31.4 Å². The van der Waals surface area contributed by atoms with Gasteiger partial charge in [-0.2, -0.15) is 15.1 Å². The van der Waals surface area contributed by atoms with Gasteiger partial charge < -0.3 is 15.5 Å². The Labute approximate surface area is 144 Å². The summed E-state index contributed by atoms with van der Waals surface area (Å²) in [4.78, 5) is 11.9. The SMILES string of the molecule is COc1nc2nc(N)[nH]c2c(Cc2ccccc2)c1-c1cnn(C)c1. The Morgan fingerprint density at radius 3 is 2.68 bits per heavy atom. The molecule has 126 valence electrons. The number of fused-ring (bicyclic) bond motifs is 1. The zero-order chi connectivity index (χ0) is 17.4. The molecule has 7 nitrogen and oxygen atoms in total. The van der Waals surface area contributed by atoms with Crippen LogP contribution in [0.3, 0.4) is 0 Å². The van der Waals surface area contributed by atoms with Crippen molar-refractivity contribution < 1.29 is 4.74 Å². The molecule has 4 aromatic rings. The molecule has 7 heteroatoms. The maximum absolute atomic E-state index is 5.87. The summed E-state index contributed by atoms with van der Waals surface area (Å²) < 4.78 is 7.32. The number of aryl methyl sites for hydroxylation is 1. The van der Waals surface area contributed by atoms with Crippen molar-refractivity contribution in [1.29, 1.82) is 0 Å². The van der Waals surface area contributed by atoms with Gasteiger partial charge in [-0.1, -0.05) is 30.3 Å². The van der Waals surface area contributed by atoms with Crippen molar-refractivity contribution in [3.8, 4) is 17.0 Å². The standard InChI is InChI=1S/C18H18N6O/c1-24-10-12(9-20-24)14-13(8-11-6-4-3-5-7-11)15-16(22-17(14)25-2)23-18(19)21-15/h3-7,9-10H,8H2,1-2H3,(H3,19,21,22,23). The number of nitrogens with zero attached hydrogens (tertiary/aromatic N) is 4. The highest BCUT2D eigenvalue weighted by molar-refractivity contribution is 5.88. The Balaban J connectivity index is 2.01. The monoisotopic (exact) mass is 334 g/mol. The maximum Gasteiger partial charge on any atom is 0.223 e. The molecule has 0 amide bonds. The fraction of sp³-hybridized carbons (Fsp3) is 0.167. The molecule has 0 bridgehead atoms. The molecule has 3 aromatic heterocycles. The third kappa shape index (κ3) is 2.69. The van der Waals surface area contributed by atoms with Crippen molar-refractivity contribution in [1.82, 2.24) is 24.7 Å². The number of aromatic nitrogens is 5. The number of nitrogens with one attached hydrogen (secondary N) is 1. The minimum absolute atomic E-state index is 0.335. The van der Waals surface area contributed by atoms with E-state index in [0.29, 0.717) is 23.9 Å². The number of hydrogen-bond acceptors (Lipinski definition) is 5. The van der Waals surface area contributed by atoms with Crippen molar-refractivity contribution in [2.45, 2.75) is 6.42 Å². The maximum atomic E-state index is 5.87. The van der Waals surface area contributed by atoms with Crippen molar-refractivity contribution >= 4 is 17.1 Å². The summed E-state index contributed by atoms with van der Waals surface area (Å²) in [5.74, 6) is 0.847. The van der Waals surface area contributed by atoms with Crippen LogP contribution in [0.1, 0.15) is 11.1 Å². The van der Waals surface area contributed by atoms with Gasteiger partial charge in [0.2, 0.25) is 5.88 Å². The van der Waals surface area contributed by atoms with E-state index in [9.17, 15) is 0 Å². The number of anilines is 1. The lowest BCUT2D eigenvalue weighted by molar-refractivity contribution is 0.401. The van der Waals surface area contributed by atoms with Gasteiger partial charge >= 0.3 is 0 Å². The van der Waals surface area contributed by atoms with Crippen molar-refractivity contribution in [2.24, 2.45) is 7.05 Å². The predicted molar refractivity (Wildman–Crippen MR) is 96.3 cm³/mol. The van der Waals surface area contributed by atoms with E-state index in [4.69, 9.17) is 10.5 Å². The number of imidazole rings is 1. The molecule has 0 aliphatic heterocycles. The highest BCUT2D eigenvalue weighted by Gasteiger charge is 2.21. The van der Waals surface area contributed by atoms with Crippen molar-refractivity contribution in [3.05, 3.63) is 53.9 Å². The van der Waals surface area contributed by atoms with Crippen LogP contribution in [0.25, 0.3) is 22.3 Å². The first kappa shape index (κ1) is 15.2. The van der Waals surface area contributed by atoms with Crippen molar-refractivity contribution in [3.63, 3.8) is 0 Å². The number of rotatable bonds is 4. The van der Waals surface area contributed by atoms with Gasteiger partial charge in [0.05, 0.1) is 24.4 Å². The van der Waals surface area contributed by atoms with Crippen LogP contribution in [0.15, 0.2) is 42.7 Å². The van der Waals surface area contributed by atoms with Gasteiger partial charge in [0, 0.05) is 25.2 Å². The normalized spacial score (nSPS) is 11.1. The van der Waals surface area contributed by atoms with Crippen LogP contribution in [0, 0.1) is 0 Å². The van der Waals surface area contributed by atoms with Crippen LogP contribution >= 0.6 is 0 Å². The first-order chi connectivity index (χ1) is 12.2. The number of nitrogens with two attached hydrogens (primary N) is 1. The molecule has 0 unspecified atom stereocenters. The third-order valence-corrected chi connectivity index (χ3v) is 4.14. The highest BCUT2D eigenvalue weighted by atomic mass is 16.5. The molecule has 0 radical (unpaired) electrons. The molecule has 0 aliphatic rings. The summed E-state index contributed by atoms with van der Waals surface area (Å²) in [7, 11) is 3.49. The molecule has 3 heterocycles. The number of ether oxygens (including phenoxy) is 1. The molecule has 4 rings (SSSR count). The molecule has 0 atom stereocenters. The quantitative estimate of drug-likeness (QED) is 0.598. The van der Waals surface area contributed by atoms with Gasteiger partial charge in [0.15, 0.2) is 11.6 Å². The fourth-order valence-electron chi connectivity index (χ4n) is 3.05. The van der Waals surface area contributed by atoms with Gasteiger partial charge in [-0.25, -0.2) is 0 Å². The van der Waals surface area contributed by atoms with E-state index in [2.05, 4.69) is 32.2 Å². The number of pyridine rings is 1. The van der Waals surface area contributed by atoms with Gasteiger partial charge in [-0.05, 0) is 11.1 Å². The third-order valence-electron chi connectivity index (χ3n) is 4.14. The smallest absolute Gasteiger partial charge is 0.223 e. The second-order valence-corrected chi connectivity index (χ2v) is 5.86. The summed E-state index contributed by atoms with van der Waals surface area (Å²) in [6, 6.07) is 10.2. The lowest BCUT2D eigenvalue weighted by atomic mass is 9.97. The fourth-order valence-corrected chi connectivity index (χ4v) is 3.05. The minimum atomic E-state index is 0.335. The Morgan fingerprint density at radius 2 is 2.00 bits per heavy atom. The topological polar surface area (TPSA) is 94.6 Å². The average Bonchev–Trinajstić information content (AvgIpc) is 3.20. The van der Waals surface area contributed by atoms with E-state index < -0.39 is 0 Å². The number of methoxy groups -OCH3 is 1. The second kappa shape index (κ2) is 5.94. The zero-order valence-electron chi connectivity index (χ0n) is 14.0.